The highest BCUT2D eigenvalue weighted by Crippen LogP contribution is 1.11. The van der Waals surface area contributed by atoms with E-state index >= 15 is 0 Å². The molecule has 0 bridgehead atoms. The fourth-order valence-electron chi connectivity index (χ4n) is 0. The largest absolute Gasteiger partial charge is 0.230 e. The van der Waals surface area contributed by atoms with Gasteiger partial charge in [-0.05, 0) is 0 Å². The second-order valence-corrected chi connectivity index (χ2v) is 0.986. The van der Waals surface area contributed by atoms with E-state index in [0.29, 0.717) is 0 Å². The minimum absolute atomic E-state index is 1.61. The lowest BCUT2D eigenvalue weighted by Crippen LogP contribution is -1.80. The van der Waals surface area contributed by atoms with Gasteiger partial charge in [-0.1, -0.05) is 5.69 Å². The molecule has 0 aliphatic rings. The summed E-state index contributed by atoms with van der Waals surface area (Å²) in [5.74, 6) is 0. The van der Waals surface area contributed by atoms with Crippen LogP contribution >= 0.6 is 0 Å². The molecule has 0 aromatic rings. The van der Waals surface area contributed by atoms with Gasteiger partial charge in [0.05, 0.1) is 10.4 Å². The zero-order chi connectivity index (χ0) is 3.58. The number of hydrogen-bond donors (Lipinski definition) is 1. The molecule has 0 radical (unpaired) electrons. The molecular formula is CH3NOS. The van der Waals surface area contributed by atoms with Crippen LogP contribution in [0.15, 0.2) is 0 Å². The molecule has 24 valence electrons. The molecule has 0 unspecified atom stereocenters. The molecule has 0 saturated heterocycles. The SMILES string of the molecule is C#S(N)=O. The third-order valence-corrected chi connectivity index (χ3v) is 0. The normalized spacial score (nSPS) is 6.00. The Labute approximate surface area is 26.4 Å². The van der Waals surface area contributed by atoms with E-state index in [1.807, 2.05) is 0 Å². The summed E-state index contributed by atoms with van der Waals surface area (Å²) in [7, 11) is -1.61. The van der Waals surface area contributed by atoms with Gasteiger partial charge in [0, 0.05) is 0 Å². The van der Waals surface area contributed by atoms with Gasteiger partial charge in [0.25, 0.3) is 0 Å². The van der Waals surface area contributed by atoms with Crippen molar-refractivity contribution < 1.29 is 4.21 Å². The maximum Gasteiger partial charge on any atom is 0.0893 e. The number of nitrogens with two attached hydrogens (primary N) is 1. The van der Waals surface area contributed by atoms with Gasteiger partial charge in [0.2, 0.25) is 0 Å². The first kappa shape index (κ1) is 3.76. The van der Waals surface area contributed by atoms with Crippen molar-refractivity contribution >= 4 is 10.4 Å². The van der Waals surface area contributed by atoms with Crippen molar-refractivity contribution in [2.45, 2.75) is 0 Å². The minimum Gasteiger partial charge on any atom is -0.230 e. The number of hydrogen-bond acceptors (Lipinski definition) is 1. The summed E-state index contributed by atoms with van der Waals surface area (Å²) in [5, 5.41) is 4.36. The van der Waals surface area contributed by atoms with Gasteiger partial charge >= 0.3 is 0 Å². The van der Waals surface area contributed by atoms with Crippen molar-refractivity contribution in [2.75, 3.05) is 0 Å². The summed E-state index contributed by atoms with van der Waals surface area (Å²) >= 11 is 0. The fraction of sp³-hybridized carbons (Fsp3) is 0. The molecule has 3 heteroatoms. The van der Waals surface area contributed by atoms with Gasteiger partial charge in [-0.25, -0.2) is 9.35 Å². The average Bonchev–Trinajstić information content (AvgIpc) is 0.811. The molecule has 0 aliphatic carbocycles. The van der Waals surface area contributed by atoms with Gasteiger partial charge in [-0.3, -0.25) is 0 Å². The van der Waals surface area contributed by atoms with Crippen LogP contribution in [0.4, 0.5) is 0 Å². The molecule has 0 aliphatic heterocycles. The predicted octanol–water partition coefficient (Wildman–Crippen LogP) is -0.802. The molecule has 0 aromatic carbocycles. The summed E-state index contributed by atoms with van der Waals surface area (Å²) in [4.78, 5) is 0. The summed E-state index contributed by atoms with van der Waals surface area (Å²) in [5.41, 5.74) is 4.36. The Bertz CT molecular complexity index is 98.2. The molecule has 0 saturated carbocycles. The monoisotopic (exact) mass is 77.0 g/mol. The number of rotatable bonds is 0. The van der Waals surface area contributed by atoms with Gasteiger partial charge in [0.1, 0.15) is 0 Å². The van der Waals surface area contributed by atoms with Crippen LogP contribution in [0.1, 0.15) is 0 Å². The Morgan fingerprint density at radius 1 is 2.00 bits per heavy atom. The van der Waals surface area contributed by atoms with Gasteiger partial charge in [-0.2, -0.15) is 0 Å². The Kier molecular flexibility index (Phi) is 1.05. The van der Waals surface area contributed by atoms with E-state index in [0.717, 1.165) is 0 Å². The Balaban J connectivity index is 3.85. The van der Waals surface area contributed by atoms with Crippen LogP contribution in [0.2, 0.25) is 0 Å². The molecule has 0 rings (SSSR count). The molecule has 0 aromatic heterocycles. The predicted molar refractivity (Wildman–Crippen MR) is 17.3 cm³/mol. The van der Waals surface area contributed by atoms with Crippen molar-refractivity contribution in [3.05, 3.63) is 0 Å². The lowest BCUT2D eigenvalue weighted by Gasteiger charge is -1.41. The Morgan fingerprint density at radius 3 is 2.00 bits per heavy atom. The summed E-state index contributed by atoms with van der Waals surface area (Å²) in [6.07, 6.45) is 0. The molecule has 0 heterocycles. The smallest absolute Gasteiger partial charge is 0.0893 e. The van der Waals surface area contributed by atoms with E-state index in [1.54, 1.807) is 0 Å². The van der Waals surface area contributed by atoms with E-state index in [4.69, 9.17) is 4.21 Å². The summed E-state index contributed by atoms with van der Waals surface area (Å²) < 4.78 is 9.11. The molecule has 0 spiro atoms. The van der Waals surface area contributed by atoms with Gasteiger partial charge in [0.15, 0.2) is 0 Å². The Morgan fingerprint density at radius 2 is 2.00 bits per heavy atom. The van der Waals surface area contributed by atoms with E-state index in [2.05, 4.69) is 10.8 Å². The lowest BCUT2D eigenvalue weighted by atomic mass is 12.0. The molecule has 0 atom stereocenters. The first-order valence-corrected chi connectivity index (χ1v) is 1.91. The Hall–Kier alpha value is -0.240. The topological polar surface area (TPSA) is 43.1 Å². The van der Waals surface area contributed by atoms with Crippen molar-refractivity contribution in [2.24, 2.45) is 5.14 Å². The highest BCUT2D eigenvalue weighted by molar-refractivity contribution is 7.71. The average molecular weight is 77.1 g/mol. The van der Waals surface area contributed by atoms with Gasteiger partial charge in [-0.15, -0.1) is 0 Å². The van der Waals surface area contributed by atoms with Crippen molar-refractivity contribution in [1.82, 2.24) is 0 Å². The zero-order valence-corrected chi connectivity index (χ0v) is 2.79. The maximum atomic E-state index is 9.11. The first-order valence-electron chi connectivity index (χ1n) is 0.638. The second kappa shape index (κ2) is 1.12. The fourth-order valence-corrected chi connectivity index (χ4v) is 0. The standard InChI is InChI=1S/CH3NOS/c1-4(2)3/h1H,(H2,2,3). The van der Waals surface area contributed by atoms with Crippen LogP contribution in [0.25, 0.3) is 0 Å². The van der Waals surface area contributed by atoms with Gasteiger partial charge < -0.3 is 0 Å². The van der Waals surface area contributed by atoms with Crippen LogP contribution in [0, 0.1) is 5.69 Å². The van der Waals surface area contributed by atoms with E-state index < -0.39 is 10.4 Å². The highest BCUT2D eigenvalue weighted by atomic mass is 32.2. The third-order valence-electron chi connectivity index (χ3n) is 0. The highest BCUT2D eigenvalue weighted by Gasteiger charge is 1.31. The second-order valence-electron chi connectivity index (χ2n) is 0.329. The quantitative estimate of drug-likeness (QED) is 0.404. The molecule has 2 nitrogen and oxygen atoms in total. The first-order chi connectivity index (χ1) is 1.73. The van der Waals surface area contributed by atoms with Crippen molar-refractivity contribution in [3.8, 4) is 5.69 Å². The van der Waals surface area contributed by atoms with E-state index in [9.17, 15) is 0 Å². The van der Waals surface area contributed by atoms with E-state index in [1.165, 1.54) is 0 Å². The van der Waals surface area contributed by atoms with Crippen LogP contribution in [-0.2, 0) is 10.4 Å². The van der Waals surface area contributed by atoms with Crippen LogP contribution in [-0.4, -0.2) is 4.21 Å². The van der Waals surface area contributed by atoms with Crippen molar-refractivity contribution in [1.29, 1.82) is 0 Å². The van der Waals surface area contributed by atoms with Crippen LogP contribution in [0.3, 0.4) is 0 Å². The molecule has 0 fully saturated rings. The molecule has 2 N–H and O–H groups in total. The van der Waals surface area contributed by atoms with Crippen LogP contribution in [0.5, 0.6) is 0 Å². The van der Waals surface area contributed by atoms with Crippen molar-refractivity contribution in [3.63, 3.8) is 0 Å². The van der Waals surface area contributed by atoms with Crippen LogP contribution < -0.4 is 5.14 Å². The summed E-state index contributed by atoms with van der Waals surface area (Å²) in [6, 6.07) is 0. The third kappa shape index (κ3) is 17.6. The maximum absolute atomic E-state index is 9.11. The molecular weight excluding hydrogens is 74.1 g/mol. The zero-order valence-electron chi connectivity index (χ0n) is 1.97. The molecule has 4 heavy (non-hydrogen) atoms. The lowest BCUT2D eigenvalue weighted by molar-refractivity contribution is 0.693. The summed E-state index contributed by atoms with van der Waals surface area (Å²) in [6.45, 7) is 0. The molecule has 0 amide bonds. The van der Waals surface area contributed by atoms with E-state index in [-0.39, 0.29) is 0 Å². The minimum atomic E-state index is -1.61.